The molecule has 1 amide bonds. The van der Waals surface area contributed by atoms with E-state index < -0.39 is 5.91 Å². The molecule has 0 fully saturated rings. The van der Waals surface area contributed by atoms with E-state index in [1.54, 1.807) is 26.4 Å². The molecular formula is C13H16N4O4. The molecule has 0 bridgehead atoms. The lowest BCUT2D eigenvalue weighted by Gasteiger charge is -2.15. The Morgan fingerprint density at radius 3 is 2.57 bits per heavy atom. The van der Waals surface area contributed by atoms with E-state index in [0.717, 1.165) is 5.56 Å². The average molecular weight is 292 g/mol. The molecule has 112 valence electrons. The highest BCUT2D eigenvalue weighted by atomic mass is 16.6. The molecular weight excluding hydrogens is 276 g/mol. The Kier molecular flexibility index (Phi) is 4.27. The number of hydrogen-bond donors (Lipinski definition) is 2. The summed E-state index contributed by atoms with van der Waals surface area (Å²) in [6, 6.07) is 5.10. The van der Waals surface area contributed by atoms with Crippen molar-refractivity contribution >= 4 is 11.7 Å². The molecule has 0 aliphatic rings. The predicted octanol–water partition coefficient (Wildman–Crippen LogP) is 1.16. The van der Waals surface area contributed by atoms with Gasteiger partial charge in [-0.1, -0.05) is 6.07 Å². The lowest BCUT2D eigenvalue weighted by Crippen LogP contribution is -2.27. The smallest absolute Gasteiger partial charge is 0.277 e. The van der Waals surface area contributed by atoms with E-state index in [4.69, 9.17) is 15.2 Å². The molecule has 0 radical (unpaired) electrons. The summed E-state index contributed by atoms with van der Waals surface area (Å²) in [5, 5.41) is 9.57. The fourth-order valence-corrected chi connectivity index (χ4v) is 1.82. The Morgan fingerprint density at radius 1 is 1.29 bits per heavy atom. The predicted molar refractivity (Wildman–Crippen MR) is 74.1 cm³/mol. The number of amides is 1. The van der Waals surface area contributed by atoms with Crippen LogP contribution in [0.25, 0.3) is 0 Å². The van der Waals surface area contributed by atoms with Gasteiger partial charge in [-0.3, -0.25) is 4.79 Å². The molecule has 21 heavy (non-hydrogen) atoms. The molecule has 1 aromatic heterocycles. The number of aromatic nitrogens is 2. The van der Waals surface area contributed by atoms with Gasteiger partial charge in [-0.2, -0.15) is 0 Å². The Balaban J connectivity index is 2.15. The van der Waals surface area contributed by atoms with Crippen molar-refractivity contribution < 1.29 is 18.9 Å². The third-order valence-electron chi connectivity index (χ3n) is 2.98. The minimum Gasteiger partial charge on any atom is -0.493 e. The van der Waals surface area contributed by atoms with Crippen LogP contribution in [0.2, 0.25) is 0 Å². The number of carbonyl (C=O) groups is 1. The number of anilines is 1. The summed E-state index contributed by atoms with van der Waals surface area (Å²) in [7, 11) is 3.11. The highest BCUT2D eigenvalue weighted by molar-refractivity contribution is 5.96. The number of methoxy groups -OCH3 is 2. The van der Waals surface area contributed by atoms with Crippen molar-refractivity contribution in [2.75, 3.05) is 20.0 Å². The fraction of sp³-hybridized carbons (Fsp3) is 0.308. The summed E-state index contributed by atoms with van der Waals surface area (Å²) < 4.78 is 14.8. The summed E-state index contributed by atoms with van der Waals surface area (Å²) in [5.74, 6) is 0.687. The number of nitrogens with zero attached hydrogens (tertiary/aromatic N) is 2. The van der Waals surface area contributed by atoms with Crippen LogP contribution in [-0.4, -0.2) is 30.4 Å². The van der Waals surface area contributed by atoms with Crippen molar-refractivity contribution in [2.24, 2.45) is 0 Å². The number of nitrogens with two attached hydrogens (primary N) is 1. The third kappa shape index (κ3) is 3.04. The molecule has 2 aromatic rings. The number of nitrogen functional groups attached to an aromatic ring is 1. The standard InChI is InChI=1S/C13H16N4O4/c1-7(15-13(18)11-12(14)17-21-16-11)8-4-5-9(19-2)10(6-8)20-3/h4-7H,1-3H3,(H2,14,17)(H,15,18). The number of ether oxygens (including phenoxy) is 2. The monoisotopic (exact) mass is 292 g/mol. The highest BCUT2D eigenvalue weighted by Gasteiger charge is 2.19. The zero-order chi connectivity index (χ0) is 15.4. The van der Waals surface area contributed by atoms with Gasteiger partial charge in [0.25, 0.3) is 5.91 Å². The SMILES string of the molecule is COc1ccc(C(C)NC(=O)c2nonc2N)cc1OC. The van der Waals surface area contributed by atoms with Gasteiger partial charge in [-0.15, -0.1) is 0 Å². The first-order valence-electron chi connectivity index (χ1n) is 6.17. The van der Waals surface area contributed by atoms with Crippen LogP contribution in [0.15, 0.2) is 22.8 Å². The lowest BCUT2D eigenvalue weighted by molar-refractivity contribution is 0.0930. The van der Waals surface area contributed by atoms with Crippen molar-refractivity contribution in [3.05, 3.63) is 29.5 Å². The first kappa shape index (κ1) is 14.6. The number of carbonyl (C=O) groups excluding carboxylic acids is 1. The minimum atomic E-state index is -0.462. The zero-order valence-electron chi connectivity index (χ0n) is 11.9. The van der Waals surface area contributed by atoms with Gasteiger partial charge in [0.1, 0.15) is 0 Å². The van der Waals surface area contributed by atoms with Gasteiger partial charge in [0.2, 0.25) is 11.5 Å². The van der Waals surface area contributed by atoms with Crippen molar-refractivity contribution in [3.63, 3.8) is 0 Å². The van der Waals surface area contributed by atoms with Crippen LogP contribution in [0, 0.1) is 0 Å². The molecule has 2 rings (SSSR count). The molecule has 8 heteroatoms. The minimum absolute atomic E-state index is 0.0395. The van der Waals surface area contributed by atoms with Crippen LogP contribution in [-0.2, 0) is 0 Å². The summed E-state index contributed by atoms with van der Waals surface area (Å²) in [6.07, 6.45) is 0. The zero-order valence-corrected chi connectivity index (χ0v) is 11.9. The van der Waals surface area contributed by atoms with Gasteiger partial charge in [-0.05, 0) is 34.9 Å². The van der Waals surface area contributed by atoms with Crippen molar-refractivity contribution in [1.82, 2.24) is 15.6 Å². The van der Waals surface area contributed by atoms with Crippen molar-refractivity contribution in [1.29, 1.82) is 0 Å². The number of hydrogen-bond acceptors (Lipinski definition) is 7. The molecule has 0 saturated heterocycles. The van der Waals surface area contributed by atoms with E-state index in [1.807, 2.05) is 13.0 Å². The molecule has 1 atom stereocenters. The second kappa shape index (κ2) is 6.12. The van der Waals surface area contributed by atoms with Gasteiger partial charge >= 0.3 is 0 Å². The molecule has 0 aliphatic heterocycles. The molecule has 0 spiro atoms. The largest absolute Gasteiger partial charge is 0.493 e. The van der Waals surface area contributed by atoms with Crippen LogP contribution in [0.4, 0.5) is 5.82 Å². The number of rotatable bonds is 5. The van der Waals surface area contributed by atoms with E-state index in [1.165, 1.54) is 0 Å². The van der Waals surface area contributed by atoms with E-state index in [9.17, 15) is 4.79 Å². The van der Waals surface area contributed by atoms with Gasteiger partial charge in [0, 0.05) is 0 Å². The summed E-state index contributed by atoms with van der Waals surface area (Å²) >= 11 is 0. The average Bonchev–Trinajstić information content (AvgIpc) is 2.92. The van der Waals surface area contributed by atoms with E-state index >= 15 is 0 Å². The van der Waals surface area contributed by atoms with Crippen molar-refractivity contribution in [3.8, 4) is 11.5 Å². The molecule has 1 unspecified atom stereocenters. The first-order chi connectivity index (χ1) is 10.1. The Morgan fingerprint density at radius 2 is 2.00 bits per heavy atom. The topological polar surface area (TPSA) is 112 Å². The number of benzene rings is 1. The van der Waals surface area contributed by atoms with E-state index in [0.29, 0.717) is 11.5 Å². The van der Waals surface area contributed by atoms with Crippen molar-refractivity contribution in [2.45, 2.75) is 13.0 Å². The molecule has 8 nitrogen and oxygen atoms in total. The van der Waals surface area contributed by atoms with Crippen LogP contribution in [0.5, 0.6) is 11.5 Å². The maximum atomic E-state index is 12.0. The van der Waals surface area contributed by atoms with Gasteiger partial charge in [0.05, 0.1) is 20.3 Å². The lowest BCUT2D eigenvalue weighted by atomic mass is 10.1. The van der Waals surface area contributed by atoms with Crippen LogP contribution >= 0.6 is 0 Å². The fourth-order valence-electron chi connectivity index (χ4n) is 1.82. The third-order valence-corrected chi connectivity index (χ3v) is 2.98. The molecule has 0 saturated carbocycles. The van der Waals surface area contributed by atoms with Crippen LogP contribution < -0.4 is 20.5 Å². The van der Waals surface area contributed by atoms with Crippen LogP contribution in [0.1, 0.15) is 29.0 Å². The Labute approximate surface area is 121 Å². The summed E-state index contributed by atoms with van der Waals surface area (Å²) in [5.41, 5.74) is 6.28. The molecule has 1 heterocycles. The number of nitrogens with one attached hydrogen (secondary N) is 1. The Bertz CT molecular complexity index is 641. The molecule has 0 aliphatic carbocycles. The van der Waals surface area contributed by atoms with Crippen LogP contribution in [0.3, 0.4) is 0 Å². The van der Waals surface area contributed by atoms with E-state index in [2.05, 4.69) is 20.3 Å². The van der Waals surface area contributed by atoms with Gasteiger partial charge in [0.15, 0.2) is 11.5 Å². The normalized spacial score (nSPS) is 11.8. The van der Waals surface area contributed by atoms with Gasteiger partial charge in [-0.25, -0.2) is 4.63 Å². The highest BCUT2D eigenvalue weighted by Crippen LogP contribution is 2.29. The Hall–Kier alpha value is -2.77. The van der Waals surface area contributed by atoms with E-state index in [-0.39, 0.29) is 17.6 Å². The second-order valence-electron chi connectivity index (χ2n) is 4.31. The summed E-state index contributed by atoms with van der Waals surface area (Å²) in [6.45, 7) is 1.82. The first-order valence-corrected chi connectivity index (χ1v) is 6.17. The maximum absolute atomic E-state index is 12.0. The summed E-state index contributed by atoms with van der Waals surface area (Å²) in [4.78, 5) is 12.0. The molecule has 3 N–H and O–H groups in total. The van der Waals surface area contributed by atoms with Gasteiger partial charge < -0.3 is 20.5 Å². The second-order valence-corrected chi connectivity index (χ2v) is 4.31. The molecule has 1 aromatic carbocycles. The quantitative estimate of drug-likeness (QED) is 0.850. The maximum Gasteiger partial charge on any atom is 0.277 e.